The third kappa shape index (κ3) is 4.17. The first kappa shape index (κ1) is 23.8. The van der Waals surface area contributed by atoms with Gasteiger partial charge in [-0.15, -0.1) is 0 Å². The molecule has 1 unspecified atom stereocenters. The van der Waals surface area contributed by atoms with Crippen LogP contribution in [-0.2, 0) is 4.79 Å². The van der Waals surface area contributed by atoms with E-state index in [-0.39, 0.29) is 40.9 Å². The van der Waals surface area contributed by atoms with Crippen LogP contribution in [0.5, 0.6) is 0 Å². The lowest BCUT2D eigenvalue weighted by molar-refractivity contribution is -0.135. The number of carbonyl (C=O) groups is 2. The van der Waals surface area contributed by atoms with Gasteiger partial charge in [0, 0.05) is 51.5 Å². The third-order valence-electron chi connectivity index (χ3n) is 6.58. The maximum absolute atomic E-state index is 15.2. The van der Waals surface area contributed by atoms with Crippen LogP contribution >= 0.6 is 0 Å². The summed E-state index contributed by atoms with van der Waals surface area (Å²) < 4.78 is 44.4. The van der Waals surface area contributed by atoms with Crippen LogP contribution in [0.25, 0.3) is 16.7 Å². The van der Waals surface area contributed by atoms with Crippen molar-refractivity contribution in [1.82, 2.24) is 19.8 Å². The second-order valence-electron chi connectivity index (χ2n) is 8.81. The van der Waals surface area contributed by atoms with Gasteiger partial charge >= 0.3 is 5.97 Å². The summed E-state index contributed by atoms with van der Waals surface area (Å²) in [5, 5.41) is 12.3. The minimum absolute atomic E-state index is 0.0170. The van der Waals surface area contributed by atoms with Gasteiger partial charge in [0.05, 0.1) is 17.0 Å². The van der Waals surface area contributed by atoms with Crippen molar-refractivity contribution in [2.75, 3.05) is 44.2 Å². The molecule has 0 spiro atoms. The molecular weight excluding hydrogens is 479 g/mol. The molecule has 188 valence electrons. The zero-order chi connectivity index (χ0) is 25.6. The first-order chi connectivity index (χ1) is 17.2. The molecule has 0 radical (unpaired) electrons. The molecule has 3 aromatic rings. The van der Waals surface area contributed by atoms with Crippen LogP contribution in [0.1, 0.15) is 16.8 Å². The zero-order valence-corrected chi connectivity index (χ0v) is 19.0. The first-order valence-corrected chi connectivity index (χ1v) is 11.4. The average Bonchev–Trinajstić information content (AvgIpc) is 3.34. The molecule has 9 nitrogen and oxygen atoms in total. The van der Waals surface area contributed by atoms with Crippen LogP contribution in [0.4, 0.5) is 19.0 Å². The second-order valence-corrected chi connectivity index (χ2v) is 8.81. The Morgan fingerprint density at radius 3 is 2.50 bits per heavy atom. The summed E-state index contributed by atoms with van der Waals surface area (Å²) in [6.07, 6.45) is 1.37. The highest BCUT2D eigenvalue weighted by Gasteiger charge is 2.34. The fraction of sp³-hybridized carbons (Fsp3) is 0.333. The third-order valence-corrected chi connectivity index (χ3v) is 6.58. The number of carboxylic acids is 1. The fourth-order valence-electron chi connectivity index (χ4n) is 4.75. The summed E-state index contributed by atoms with van der Waals surface area (Å²) >= 11 is 0. The maximum atomic E-state index is 15.2. The first-order valence-electron chi connectivity index (χ1n) is 11.4. The predicted octanol–water partition coefficient (Wildman–Crippen LogP) is 1.76. The monoisotopic (exact) mass is 501 g/mol. The molecule has 2 fully saturated rings. The van der Waals surface area contributed by atoms with Gasteiger partial charge in [0.1, 0.15) is 17.2 Å². The second kappa shape index (κ2) is 9.26. The van der Waals surface area contributed by atoms with Gasteiger partial charge in [0.15, 0.2) is 17.3 Å². The van der Waals surface area contributed by atoms with Crippen LogP contribution < -0.4 is 15.6 Å². The van der Waals surface area contributed by atoms with E-state index in [1.807, 2.05) is 0 Å². The van der Waals surface area contributed by atoms with E-state index in [9.17, 15) is 28.3 Å². The quantitative estimate of drug-likeness (QED) is 0.561. The number of pyridine rings is 2. The number of nitrogens with zero attached hydrogens (tertiary/aromatic N) is 4. The number of hydrogen-bond donors (Lipinski definition) is 2. The molecule has 4 heterocycles. The molecule has 2 aliphatic rings. The summed E-state index contributed by atoms with van der Waals surface area (Å²) in [5.41, 5.74) is -2.16. The Hall–Kier alpha value is -3.93. The van der Waals surface area contributed by atoms with E-state index in [0.717, 1.165) is 29.0 Å². The van der Waals surface area contributed by atoms with Gasteiger partial charge in [-0.2, -0.15) is 0 Å². The van der Waals surface area contributed by atoms with Crippen molar-refractivity contribution in [2.24, 2.45) is 5.92 Å². The van der Waals surface area contributed by atoms with Gasteiger partial charge in [-0.1, -0.05) is 0 Å². The molecule has 5 rings (SSSR count). The number of aromatic carboxylic acids is 1. The Balaban J connectivity index is 1.58. The predicted molar refractivity (Wildman–Crippen MR) is 124 cm³/mol. The molecule has 0 saturated carbocycles. The van der Waals surface area contributed by atoms with E-state index in [1.165, 1.54) is 0 Å². The lowest BCUT2D eigenvalue weighted by Gasteiger charge is -2.29. The Morgan fingerprint density at radius 2 is 1.81 bits per heavy atom. The molecule has 0 bridgehead atoms. The minimum Gasteiger partial charge on any atom is -0.477 e. The van der Waals surface area contributed by atoms with Gasteiger partial charge in [0.2, 0.25) is 11.3 Å². The van der Waals surface area contributed by atoms with Crippen molar-refractivity contribution in [1.29, 1.82) is 0 Å². The van der Waals surface area contributed by atoms with E-state index < -0.39 is 34.4 Å². The van der Waals surface area contributed by atoms with E-state index in [1.54, 1.807) is 9.80 Å². The normalized spacial score (nSPS) is 18.1. The zero-order valence-electron chi connectivity index (χ0n) is 19.0. The molecule has 1 aromatic carbocycles. The number of carbonyl (C=O) groups excluding carboxylic acids is 1. The highest BCUT2D eigenvalue weighted by atomic mass is 19.1. The summed E-state index contributed by atoms with van der Waals surface area (Å²) in [5.74, 6) is -4.84. The number of benzene rings is 1. The number of rotatable bonds is 4. The molecule has 2 N–H and O–H groups in total. The van der Waals surface area contributed by atoms with Crippen LogP contribution in [-0.4, -0.2) is 70.7 Å². The number of piperazine rings is 1. The Bertz CT molecular complexity index is 1440. The molecule has 36 heavy (non-hydrogen) atoms. The lowest BCUT2D eigenvalue weighted by atomic mass is 10.1. The van der Waals surface area contributed by atoms with Gasteiger partial charge in [-0.3, -0.25) is 14.2 Å². The maximum Gasteiger partial charge on any atom is 0.341 e. The molecule has 2 aliphatic heterocycles. The topological polar surface area (TPSA) is 108 Å². The van der Waals surface area contributed by atoms with Gasteiger partial charge < -0.3 is 20.2 Å². The van der Waals surface area contributed by atoms with Gasteiger partial charge in [-0.25, -0.2) is 22.9 Å². The van der Waals surface area contributed by atoms with E-state index >= 15 is 4.39 Å². The number of amides is 1. The molecular formula is C24H22F3N5O4. The van der Waals surface area contributed by atoms with E-state index in [4.69, 9.17) is 0 Å². The minimum atomic E-state index is -1.59. The molecule has 2 aromatic heterocycles. The van der Waals surface area contributed by atoms with Crippen molar-refractivity contribution < 1.29 is 27.9 Å². The number of anilines is 1. The molecule has 12 heteroatoms. The summed E-state index contributed by atoms with van der Waals surface area (Å²) in [4.78, 5) is 45.0. The number of carboxylic acid groups (broad SMARTS) is 1. The van der Waals surface area contributed by atoms with Crippen molar-refractivity contribution >= 4 is 28.7 Å². The van der Waals surface area contributed by atoms with Gasteiger partial charge in [-0.05, 0) is 24.6 Å². The van der Waals surface area contributed by atoms with Crippen LogP contribution in [0.15, 0.2) is 35.3 Å². The molecule has 2 saturated heterocycles. The standard InChI is InChI=1S/C24H22F3N5O4/c25-14-1-2-19(17(26)9-14)32-12-16(24(35)36)20(33)15-10-18(27)22(29-21(15)32)31-6-3-13(11-31)23(34)30-7-4-28-5-8-30/h1-2,9-10,12-13,28H,3-8,11H2,(H,35,36). The number of hydrogen-bond acceptors (Lipinski definition) is 6. The smallest absolute Gasteiger partial charge is 0.341 e. The summed E-state index contributed by atoms with van der Waals surface area (Å²) in [7, 11) is 0. The van der Waals surface area contributed by atoms with Crippen molar-refractivity contribution in [3.05, 3.63) is 63.7 Å². The average molecular weight is 501 g/mol. The van der Waals surface area contributed by atoms with E-state index in [2.05, 4.69) is 10.3 Å². The Kier molecular flexibility index (Phi) is 6.12. The summed E-state index contributed by atoms with van der Waals surface area (Å²) in [6, 6.07) is 3.52. The van der Waals surface area contributed by atoms with Crippen molar-refractivity contribution in [3.8, 4) is 5.69 Å². The van der Waals surface area contributed by atoms with Crippen molar-refractivity contribution in [2.45, 2.75) is 6.42 Å². The van der Waals surface area contributed by atoms with Gasteiger partial charge in [0.25, 0.3) is 0 Å². The summed E-state index contributed by atoms with van der Waals surface area (Å²) in [6.45, 7) is 3.15. The van der Waals surface area contributed by atoms with E-state index in [0.29, 0.717) is 45.2 Å². The van der Waals surface area contributed by atoms with Crippen LogP contribution in [0, 0.1) is 23.4 Å². The number of aromatic nitrogens is 2. The Morgan fingerprint density at radius 1 is 1.06 bits per heavy atom. The fourth-order valence-corrected chi connectivity index (χ4v) is 4.75. The number of fused-ring (bicyclic) bond motifs is 1. The van der Waals surface area contributed by atoms with Crippen LogP contribution in [0.2, 0.25) is 0 Å². The molecule has 0 aliphatic carbocycles. The number of nitrogens with one attached hydrogen (secondary N) is 1. The van der Waals surface area contributed by atoms with Crippen molar-refractivity contribution in [3.63, 3.8) is 0 Å². The Labute approximate surface area is 202 Å². The highest BCUT2D eigenvalue weighted by Crippen LogP contribution is 2.29. The van der Waals surface area contributed by atoms with Crippen LogP contribution in [0.3, 0.4) is 0 Å². The highest BCUT2D eigenvalue weighted by molar-refractivity contribution is 5.92. The lowest BCUT2D eigenvalue weighted by Crippen LogP contribution is -2.48. The molecule has 1 atom stereocenters. The number of halogens is 3. The SMILES string of the molecule is O=C(O)c1cn(-c2ccc(F)cc2F)c2nc(N3CCC(C(=O)N4CCNCC4)C3)c(F)cc2c1=O. The molecule has 1 amide bonds. The largest absolute Gasteiger partial charge is 0.477 e.